The first-order valence-electron chi connectivity index (χ1n) is 21.2. The predicted molar refractivity (Wildman–Crippen MR) is 206 cm³/mol. The standard InChI is InChI=1S/C42H84O3P/c1-3-5-6-7-8-9-10-11-12-13-14-15-16-17-18-19-20-21-22-23-24-25-26-27-28-29-30-31-32-33-34-35-36-37-38-39-40-41-42-45-46(43)44-4-2/h41-42H,3-40H2,1-2H3/q+1/b42-41+. The van der Waals surface area contributed by atoms with Crippen LogP contribution in [0.25, 0.3) is 0 Å². The normalized spacial score (nSPS) is 12.0. The highest BCUT2D eigenvalue weighted by atomic mass is 31.1. The molecule has 0 saturated heterocycles. The molecule has 0 aromatic heterocycles. The minimum atomic E-state index is -1.97. The summed E-state index contributed by atoms with van der Waals surface area (Å²) in [6.07, 6.45) is 56.5. The van der Waals surface area contributed by atoms with Gasteiger partial charge in [0.2, 0.25) is 0 Å². The smallest absolute Gasteiger partial charge is 0.238 e. The molecule has 3 nitrogen and oxygen atoms in total. The molecule has 0 fully saturated rings. The Morgan fingerprint density at radius 3 is 0.848 bits per heavy atom. The van der Waals surface area contributed by atoms with Crippen molar-refractivity contribution in [1.29, 1.82) is 0 Å². The van der Waals surface area contributed by atoms with E-state index in [1.54, 1.807) is 0 Å². The van der Waals surface area contributed by atoms with Crippen LogP contribution in [-0.4, -0.2) is 6.61 Å². The van der Waals surface area contributed by atoms with Crippen molar-refractivity contribution in [3.05, 3.63) is 12.3 Å². The first-order chi connectivity index (χ1) is 22.8. The predicted octanol–water partition coefficient (Wildman–Crippen LogP) is 16.7. The van der Waals surface area contributed by atoms with Gasteiger partial charge in [0.1, 0.15) is 12.9 Å². The van der Waals surface area contributed by atoms with Crippen molar-refractivity contribution in [2.24, 2.45) is 0 Å². The van der Waals surface area contributed by atoms with Crippen molar-refractivity contribution < 1.29 is 13.6 Å². The van der Waals surface area contributed by atoms with Crippen LogP contribution in [0.2, 0.25) is 0 Å². The van der Waals surface area contributed by atoms with Crippen molar-refractivity contribution in [1.82, 2.24) is 0 Å². The topological polar surface area (TPSA) is 35.5 Å². The van der Waals surface area contributed by atoms with Gasteiger partial charge in [0.25, 0.3) is 0 Å². The molecule has 274 valence electrons. The first-order valence-corrected chi connectivity index (χ1v) is 22.3. The second-order valence-corrected chi connectivity index (χ2v) is 15.2. The van der Waals surface area contributed by atoms with E-state index in [9.17, 15) is 4.57 Å². The molecule has 0 N–H and O–H groups in total. The minimum Gasteiger partial charge on any atom is -0.238 e. The van der Waals surface area contributed by atoms with E-state index in [0.717, 1.165) is 6.42 Å². The molecule has 0 spiro atoms. The molecule has 46 heavy (non-hydrogen) atoms. The van der Waals surface area contributed by atoms with E-state index in [0.29, 0.717) is 6.61 Å². The van der Waals surface area contributed by atoms with E-state index in [-0.39, 0.29) is 0 Å². The Bertz CT molecular complexity index is 593. The maximum absolute atomic E-state index is 11.2. The van der Waals surface area contributed by atoms with Crippen LogP contribution in [-0.2, 0) is 13.6 Å². The Kier molecular flexibility index (Phi) is 42.3. The van der Waals surface area contributed by atoms with Crippen molar-refractivity contribution in [2.45, 2.75) is 251 Å². The molecule has 0 amide bonds. The molecule has 0 aromatic carbocycles. The van der Waals surface area contributed by atoms with E-state index in [2.05, 4.69) is 6.92 Å². The maximum Gasteiger partial charge on any atom is 0.749 e. The SMILES string of the molecule is CCCCCCCCCCCCCCCCCCCCCCCCCCCCCCCCCCCCCC/C=C/O[P+](=O)OCC. The third-order valence-electron chi connectivity index (χ3n) is 9.70. The molecule has 0 saturated carbocycles. The average Bonchev–Trinajstić information content (AvgIpc) is 3.06. The number of unbranched alkanes of at least 4 members (excludes halogenated alkanes) is 36. The summed E-state index contributed by atoms with van der Waals surface area (Å²) in [6.45, 7) is 4.54. The molecule has 1 atom stereocenters. The van der Waals surface area contributed by atoms with Gasteiger partial charge in [0, 0.05) is 4.57 Å². The van der Waals surface area contributed by atoms with Gasteiger partial charge in [0.05, 0.1) is 0 Å². The fourth-order valence-corrected chi connectivity index (χ4v) is 7.10. The Labute approximate surface area is 291 Å². The zero-order chi connectivity index (χ0) is 33.3. The number of hydrogen-bond acceptors (Lipinski definition) is 3. The summed E-state index contributed by atoms with van der Waals surface area (Å²) in [5.74, 6) is 0. The van der Waals surface area contributed by atoms with E-state index in [1.165, 1.54) is 237 Å². The second-order valence-electron chi connectivity index (χ2n) is 14.3. The van der Waals surface area contributed by atoms with Gasteiger partial charge in [-0.2, -0.15) is 0 Å². The van der Waals surface area contributed by atoms with Gasteiger partial charge < -0.3 is 0 Å². The Hall–Kier alpha value is -0.400. The summed E-state index contributed by atoms with van der Waals surface area (Å²) in [7, 11) is -1.97. The lowest BCUT2D eigenvalue weighted by Crippen LogP contribution is -1.85. The summed E-state index contributed by atoms with van der Waals surface area (Å²) >= 11 is 0. The minimum absolute atomic E-state index is 0.419. The fourth-order valence-electron chi connectivity index (χ4n) is 6.64. The lowest BCUT2D eigenvalue weighted by Gasteiger charge is -2.05. The van der Waals surface area contributed by atoms with Gasteiger partial charge >= 0.3 is 8.25 Å². The molecular weight excluding hydrogens is 583 g/mol. The Morgan fingerprint density at radius 2 is 0.609 bits per heavy atom. The monoisotopic (exact) mass is 668 g/mol. The van der Waals surface area contributed by atoms with Crippen molar-refractivity contribution in [3.63, 3.8) is 0 Å². The first kappa shape index (κ1) is 45.6. The summed E-state index contributed by atoms with van der Waals surface area (Å²) in [6, 6.07) is 0. The maximum atomic E-state index is 11.2. The van der Waals surface area contributed by atoms with E-state index < -0.39 is 8.25 Å². The van der Waals surface area contributed by atoms with Crippen molar-refractivity contribution >= 4 is 8.25 Å². The fraction of sp³-hybridized carbons (Fsp3) is 0.952. The largest absolute Gasteiger partial charge is 0.749 e. The van der Waals surface area contributed by atoms with Gasteiger partial charge in [-0.15, -0.1) is 4.52 Å². The molecule has 0 aliphatic carbocycles. The van der Waals surface area contributed by atoms with Gasteiger partial charge in [0.15, 0.2) is 0 Å². The van der Waals surface area contributed by atoms with E-state index in [1.807, 2.05) is 13.0 Å². The molecule has 0 bridgehead atoms. The van der Waals surface area contributed by atoms with Gasteiger partial charge in [-0.05, 0) is 25.8 Å². The summed E-state index contributed by atoms with van der Waals surface area (Å²) in [4.78, 5) is 0. The van der Waals surface area contributed by atoms with Crippen LogP contribution in [0.5, 0.6) is 0 Å². The summed E-state index contributed by atoms with van der Waals surface area (Å²) in [5, 5.41) is 0. The number of allylic oxidation sites excluding steroid dienone is 1. The van der Waals surface area contributed by atoms with Crippen LogP contribution in [0.3, 0.4) is 0 Å². The van der Waals surface area contributed by atoms with Crippen LogP contribution in [0, 0.1) is 0 Å². The molecular formula is C42H84O3P+. The molecule has 0 radical (unpaired) electrons. The molecule has 0 aliphatic heterocycles. The van der Waals surface area contributed by atoms with Crippen LogP contribution in [0.15, 0.2) is 12.3 Å². The lowest BCUT2D eigenvalue weighted by atomic mass is 10.0. The Morgan fingerprint density at radius 1 is 0.370 bits per heavy atom. The molecule has 0 heterocycles. The van der Waals surface area contributed by atoms with E-state index in [4.69, 9.17) is 9.05 Å². The lowest BCUT2D eigenvalue weighted by molar-refractivity contribution is 0.285. The van der Waals surface area contributed by atoms with Crippen LogP contribution in [0.4, 0.5) is 0 Å². The number of hydrogen-bond donors (Lipinski definition) is 0. The quantitative estimate of drug-likeness (QED) is 0.0370. The molecule has 0 rings (SSSR count). The molecule has 1 unspecified atom stereocenters. The zero-order valence-corrected chi connectivity index (χ0v) is 32.6. The van der Waals surface area contributed by atoms with Gasteiger partial charge in [-0.25, -0.2) is 4.52 Å². The average molecular weight is 668 g/mol. The highest BCUT2D eigenvalue weighted by Crippen LogP contribution is 2.23. The van der Waals surface area contributed by atoms with Crippen LogP contribution in [0.1, 0.15) is 251 Å². The molecule has 4 heteroatoms. The van der Waals surface area contributed by atoms with Crippen LogP contribution >= 0.6 is 8.25 Å². The zero-order valence-electron chi connectivity index (χ0n) is 31.7. The third kappa shape index (κ3) is 41.6. The molecule has 0 aliphatic rings. The third-order valence-corrected chi connectivity index (χ3v) is 10.5. The van der Waals surface area contributed by atoms with E-state index >= 15 is 0 Å². The van der Waals surface area contributed by atoms with Gasteiger partial charge in [-0.3, -0.25) is 0 Å². The Balaban J connectivity index is 3.08. The molecule has 0 aromatic rings. The van der Waals surface area contributed by atoms with Crippen LogP contribution < -0.4 is 0 Å². The number of rotatable bonds is 41. The van der Waals surface area contributed by atoms with Crippen molar-refractivity contribution in [2.75, 3.05) is 6.61 Å². The summed E-state index contributed by atoms with van der Waals surface area (Å²) < 4.78 is 21.0. The van der Waals surface area contributed by atoms with Gasteiger partial charge in [-0.1, -0.05) is 232 Å². The second kappa shape index (κ2) is 42.6. The highest BCUT2D eigenvalue weighted by Gasteiger charge is 2.16. The van der Waals surface area contributed by atoms with Crippen molar-refractivity contribution in [3.8, 4) is 0 Å². The highest BCUT2D eigenvalue weighted by molar-refractivity contribution is 7.33. The summed E-state index contributed by atoms with van der Waals surface area (Å²) in [5.41, 5.74) is 0.